The van der Waals surface area contributed by atoms with E-state index < -0.39 is 0 Å². The van der Waals surface area contributed by atoms with Crippen molar-refractivity contribution in [1.82, 2.24) is 5.32 Å². The first kappa shape index (κ1) is 16.3. The highest BCUT2D eigenvalue weighted by Crippen LogP contribution is 2.32. The average Bonchev–Trinajstić information content (AvgIpc) is 2.53. The Morgan fingerprint density at radius 2 is 2.14 bits per heavy atom. The summed E-state index contributed by atoms with van der Waals surface area (Å²) in [5, 5.41) is 12.8. The van der Waals surface area contributed by atoms with Crippen LogP contribution in [0, 0.1) is 5.92 Å². The molecule has 2 atom stereocenters. The molecule has 1 aromatic carbocycles. The summed E-state index contributed by atoms with van der Waals surface area (Å²) in [5.74, 6) is 0.635. The van der Waals surface area contributed by atoms with Crippen LogP contribution in [0.2, 0.25) is 0 Å². The van der Waals surface area contributed by atoms with E-state index >= 15 is 0 Å². The van der Waals surface area contributed by atoms with Crippen LogP contribution in [0.3, 0.4) is 0 Å². The highest BCUT2D eigenvalue weighted by atomic mass is 16.3. The molecule has 1 saturated heterocycles. The van der Waals surface area contributed by atoms with Gasteiger partial charge in [-0.25, -0.2) is 0 Å². The molecule has 3 nitrogen and oxygen atoms in total. The second kappa shape index (κ2) is 8.40. The summed E-state index contributed by atoms with van der Waals surface area (Å²) < 4.78 is 0. The molecular weight excluding hydrogens is 260 g/mol. The summed E-state index contributed by atoms with van der Waals surface area (Å²) >= 11 is 0. The van der Waals surface area contributed by atoms with Crippen LogP contribution >= 0.6 is 0 Å². The predicted molar refractivity (Wildman–Crippen MR) is 89.8 cm³/mol. The minimum atomic E-state index is 0.315. The van der Waals surface area contributed by atoms with Crippen molar-refractivity contribution in [3.8, 4) is 0 Å². The van der Waals surface area contributed by atoms with E-state index in [1.54, 1.807) is 0 Å². The number of hydrogen-bond acceptors (Lipinski definition) is 3. The molecule has 0 saturated carbocycles. The fourth-order valence-electron chi connectivity index (χ4n) is 3.49. The van der Waals surface area contributed by atoms with Gasteiger partial charge < -0.3 is 15.3 Å². The number of nitrogens with one attached hydrogen (secondary N) is 1. The third kappa shape index (κ3) is 4.21. The molecule has 1 heterocycles. The molecule has 0 spiro atoms. The van der Waals surface area contributed by atoms with Crippen LogP contribution in [0.15, 0.2) is 24.3 Å². The Hall–Kier alpha value is -1.06. The molecule has 0 radical (unpaired) electrons. The standard InChI is InChI=1S/C18H30N2O/c1-3-17(19-4-2)16-9-5-6-10-18(16)20-12-7-8-15(14-20)11-13-21/h5-6,9-10,15,17,19,21H,3-4,7-8,11-14H2,1-2H3. The number of aliphatic hydroxyl groups excluding tert-OH is 1. The quantitative estimate of drug-likeness (QED) is 0.808. The molecule has 2 unspecified atom stereocenters. The lowest BCUT2D eigenvalue weighted by molar-refractivity contribution is 0.244. The summed E-state index contributed by atoms with van der Waals surface area (Å²) in [6.07, 6.45) is 4.53. The van der Waals surface area contributed by atoms with Gasteiger partial charge >= 0.3 is 0 Å². The van der Waals surface area contributed by atoms with E-state index in [9.17, 15) is 5.11 Å². The normalized spacial score (nSPS) is 20.5. The Morgan fingerprint density at radius 1 is 1.33 bits per heavy atom. The molecule has 0 aliphatic carbocycles. The van der Waals surface area contributed by atoms with Crippen LogP contribution in [0.5, 0.6) is 0 Å². The van der Waals surface area contributed by atoms with Crippen LogP contribution in [0.4, 0.5) is 5.69 Å². The number of anilines is 1. The topological polar surface area (TPSA) is 35.5 Å². The fraction of sp³-hybridized carbons (Fsp3) is 0.667. The minimum Gasteiger partial charge on any atom is -0.396 e. The van der Waals surface area contributed by atoms with E-state index in [0.29, 0.717) is 18.6 Å². The molecule has 1 aromatic rings. The predicted octanol–water partition coefficient (Wildman–Crippen LogP) is 3.35. The molecule has 3 heteroatoms. The SMILES string of the molecule is CCNC(CC)c1ccccc1N1CCCC(CCO)C1. The van der Waals surface area contributed by atoms with Gasteiger partial charge in [0.05, 0.1) is 0 Å². The van der Waals surface area contributed by atoms with Crippen molar-refractivity contribution in [3.63, 3.8) is 0 Å². The maximum atomic E-state index is 9.20. The first-order valence-electron chi connectivity index (χ1n) is 8.48. The molecular formula is C18H30N2O. The summed E-state index contributed by atoms with van der Waals surface area (Å²) in [4.78, 5) is 2.53. The zero-order valence-electron chi connectivity index (χ0n) is 13.5. The largest absolute Gasteiger partial charge is 0.396 e. The zero-order chi connectivity index (χ0) is 15.1. The number of aliphatic hydroxyl groups is 1. The van der Waals surface area contributed by atoms with E-state index in [0.717, 1.165) is 32.5 Å². The summed E-state index contributed by atoms with van der Waals surface area (Å²) in [7, 11) is 0. The Bertz CT molecular complexity index is 419. The third-order valence-electron chi connectivity index (χ3n) is 4.57. The Kier molecular flexibility index (Phi) is 6.52. The van der Waals surface area contributed by atoms with Gasteiger partial charge in [-0.15, -0.1) is 0 Å². The van der Waals surface area contributed by atoms with E-state index in [1.165, 1.54) is 24.1 Å². The zero-order valence-corrected chi connectivity index (χ0v) is 13.5. The third-order valence-corrected chi connectivity index (χ3v) is 4.57. The maximum Gasteiger partial charge on any atom is 0.0434 e. The monoisotopic (exact) mass is 290 g/mol. The van der Waals surface area contributed by atoms with E-state index in [1.807, 2.05) is 0 Å². The van der Waals surface area contributed by atoms with E-state index in [-0.39, 0.29) is 0 Å². The van der Waals surface area contributed by atoms with Crippen LogP contribution < -0.4 is 10.2 Å². The number of para-hydroxylation sites is 1. The Balaban J connectivity index is 2.18. The van der Waals surface area contributed by atoms with Gasteiger partial charge in [0.15, 0.2) is 0 Å². The van der Waals surface area contributed by atoms with Crippen molar-refractivity contribution < 1.29 is 5.11 Å². The van der Waals surface area contributed by atoms with E-state index in [2.05, 4.69) is 48.3 Å². The van der Waals surface area contributed by atoms with Gasteiger partial charge in [-0.1, -0.05) is 32.0 Å². The van der Waals surface area contributed by atoms with Crippen molar-refractivity contribution in [2.75, 3.05) is 31.1 Å². The molecule has 2 N–H and O–H groups in total. The molecule has 1 fully saturated rings. The highest BCUT2D eigenvalue weighted by molar-refractivity contribution is 5.55. The van der Waals surface area contributed by atoms with Crippen molar-refractivity contribution in [2.24, 2.45) is 5.92 Å². The van der Waals surface area contributed by atoms with Crippen molar-refractivity contribution in [2.45, 2.75) is 45.6 Å². The smallest absolute Gasteiger partial charge is 0.0434 e. The van der Waals surface area contributed by atoms with Crippen LogP contribution in [0.1, 0.15) is 51.1 Å². The lowest BCUT2D eigenvalue weighted by Crippen LogP contribution is -2.37. The lowest BCUT2D eigenvalue weighted by atomic mass is 9.93. The fourth-order valence-corrected chi connectivity index (χ4v) is 3.49. The van der Waals surface area contributed by atoms with Crippen LogP contribution in [0.25, 0.3) is 0 Å². The summed E-state index contributed by atoms with van der Waals surface area (Å²) in [6.45, 7) is 7.95. The van der Waals surface area contributed by atoms with E-state index in [4.69, 9.17) is 0 Å². The lowest BCUT2D eigenvalue weighted by Gasteiger charge is -2.36. The second-order valence-electron chi connectivity index (χ2n) is 6.04. The number of hydrogen-bond donors (Lipinski definition) is 2. The minimum absolute atomic E-state index is 0.315. The van der Waals surface area contributed by atoms with Crippen LogP contribution in [-0.4, -0.2) is 31.3 Å². The number of piperidine rings is 1. The first-order chi connectivity index (χ1) is 10.3. The maximum absolute atomic E-state index is 9.20. The van der Waals surface area contributed by atoms with Crippen molar-refractivity contribution in [1.29, 1.82) is 0 Å². The number of benzene rings is 1. The summed E-state index contributed by atoms with van der Waals surface area (Å²) in [5.41, 5.74) is 2.81. The Labute approximate surface area is 129 Å². The first-order valence-corrected chi connectivity index (χ1v) is 8.48. The Morgan fingerprint density at radius 3 is 2.86 bits per heavy atom. The second-order valence-corrected chi connectivity index (χ2v) is 6.04. The number of nitrogens with zero attached hydrogens (tertiary/aromatic N) is 1. The molecule has 0 bridgehead atoms. The molecule has 21 heavy (non-hydrogen) atoms. The average molecular weight is 290 g/mol. The van der Waals surface area contributed by atoms with Gasteiger partial charge in [-0.3, -0.25) is 0 Å². The van der Waals surface area contributed by atoms with Crippen molar-refractivity contribution >= 4 is 5.69 Å². The van der Waals surface area contributed by atoms with Crippen LogP contribution in [-0.2, 0) is 0 Å². The van der Waals surface area contributed by atoms with Gasteiger partial charge in [0.2, 0.25) is 0 Å². The van der Waals surface area contributed by atoms with Gasteiger partial charge in [-0.2, -0.15) is 0 Å². The van der Waals surface area contributed by atoms with Gasteiger partial charge in [0, 0.05) is 31.4 Å². The molecule has 1 aliphatic heterocycles. The molecule has 118 valence electrons. The molecule has 1 aliphatic rings. The van der Waals surface area contributed by atoms with Gasteiger partial charge in [0.1, 0.15) is 0 Å². The van der Waals surface area contributed by atoms with Crippen molar-refractivity contribution in [3.05, 3.63) is 29.8 Å². The highest BCUT2D eigenvalue weighted by Gasteiger charge is 2.23. The molecule has 2 rings (SSSR count). The van der Waals surface area contributed by atoms with Gasteiger partial charge in [-0.05, 0) is 49.8 Å². The summed E-state index contributed by atoms with van der Waals surface area (Å²) in [6, 6.07) is 9.25. The van der Waals surface area contributed by atoms with Gasteiger partial charge in [0.25, 0.3) is 0 Å². The molecule has 0 aromatic heterocycles. The molecule has 0 amide bonds. The number of rotatable bonds is 7.